The van der Waals surface area contributed by atoms with Gasteiger partial charge in [-0.15, -0.1) is 0 Å². The summed E-state index contributed by atoms with van der Waals surface area (Å²) in [5.74, 6) is 1.22. The van der Waals surface area contributed by atoms with Crippen LogP contribution in [0.5, 0.6) is 17.2 Å². The van der Waals surface area contributed by atoms with E-state index in [2.05, 4.69) is 0 Å². The van der Waals surface area contributed by atoms with Gasteiger partial charge in [-0.05, 0) is 36.4 Å². The molecule has 0 amide bonds. The van der Waals surface area contributed by atoms with Crippen LogP contribution in [0.15, 0.2) is 91.0 Å². The largest absolute Gasteiger partial charge is 0.647 e. The smallest absolute Gasteiger partial charge is 0.386 e. The number of phosphoric acid groups is 1. The summed E-state index contributed by atoms with van der Waals surface area (Å²) >= 11 is 14.4. The summed E-state index contributed by atoms with van der Waals surface area (Å²) in [6.45, 7) is 0. The molecule has 0 bridgehead atoms. The Labute approximate surface area is 173 Å². The minimum Gasteiger partial charge on any atom is -0.386 e. The molecule has 140 valence electrons. The molecule has 3 rings (SSSR count). The Bertz CT molecular complexity index is 728. The fourth-order valence-corrected chi connectivity index (χ4v) is 3.14. The van der Waals surface area contributed by atoms with E-state index in [1.165, 1.54) is 0 Å². The maximum absolute atomic E-state index is 13.1. The first-order valence-electron chi connectivity index (χ1n) is 7.73. The van der Waals surface area contributed by atoms with Crippen molar-refractivity contribution in [1.29, 1.82) is 0 Å². The van der Waals surface area contributed by atoms with Crippen molar-refractivity contribution in [2.45, 2.75) is 0 Å². The highest BCUT2D eigenvalue weighted by Gasteiger charge is 2.33. The molecule has 0 fully saturated rings. The monoisotopic (exact) mass is 442 g/mol. The molecule has 0 saturated heterocycles. The number of rotatable bonds is 6. The molecule has 0 heterocycles. The minimum atomic E-state index is -3.89. The zero-order chi connectivity index (χ0) is 19.5. The number of hydrogen-bond donors (Lipinski definition) is 0. The van der Waals surface area contributed by atoms with Crippen molar-refractivity contribution in [2.75, 3.05) is 0 Å². The Morgan fingerprint density at radius 3 is 1.00 bits per heavy atom. The predicted octanol–water partition coefficient (Wildman–Crippen LogP) is 7.02. The second-order valence-electron chi connectivity index (χ2n) is 4.91. The van der Waals surface area contributed by atoms with E-state index >= 15 is 0 Å². The number of phosphoric ester groups is 1. The van der Waals surface area contributed by atoms with E-state index in [1.807, 2.05) is 18.2 Å². The van der Waals surface area contributed by atoms with E-state index in [0.29, 0.717) is 17.2 Å². The van der Waals surface area contributed by atoms with Crippen LogP contribution in [-0.2, 0) is 4.57 Å². The van der Waals surface area contributed by atoms with Gasteiger partial charge in [0.1, 0.15) is 17.2 Å². The van der Waals surface area contributed by atoms with Crippen molar-refractivity contribution in [3.05, 3.63) is 91.0 Å². The number of benzene rings is 3. The van der Waals surface area contributed by atoms with Gasteiger partial charge < -0.3 is 13.6 Å². The average Bonchev–Trinajstić information content (AvgIpc) is 2.63. The van der Waals surface area contributed by atoms with E-state index in [-0.39, 0.29) is 0 Å². The van der Waals surface area contributed by atoms with Crippen LogP contribution >= 0.6 is 42.2 Å². The Hall–Kier alpha value is -1.78. The van der Waals surface area contributed by atoms with Crippen molar-refractivity contribution < 1.29 is 18.1 Å². The number of hydrogen-bond acceptors (Lipinski definition) is 4. The lowest BCUT2D eigenvalue weighted by atomic mass is 10.3. The van der Waals surface area contributed by atoms with Crippen molar-refractivity contribution in [3.8, 4) is 17.2 Å². The second kappa shape index (κ2) is 11.2. The summed E-state index contributed by atoms with van der Waals surface area (Å²) in [6.07, 6.45) is 0. The van der Waals surface area contributed by atoms with Crippen LogP contribution in [0.3, 0.4) is 0 Å². The lowest BCUT2D eigenvalue weighted by Crippen LogP contribution is -2.07. The van der Waals surface area contributed by atoms with Crippen LogP contribution in [0, 0.1) is 0 Å². The van der Waals surface area contributed by atoms with Crippen LogP contribution in [0.1, 0.15) is 0 Å². The van der Waals surface area contributed by atoms with Gasteiger partial charge in [-0.2, -0.15) is 38.9 Å². The third kappa shape index (κ3) is 8.64. The van der Waals surface area contributed by atoms with Gasteiger partial charge in [0.05, 0.1) is 0 Å². The maximum atomic E-state index is 13.1. The Morgan fingerprint density at radius 1 is 0.556 bits per heavy atom. The fraction of sp³-hybridized carbons (Fsp3) is 0. The third-order valence-corrected chi connectivity index (χ3v) is 4.18. The molecule has 3 aromatic carbocycles. The molecule has 0 aromatic heterocycles. The van der Waals surface area contributed by atoms with Gasteiger partial charge in [0.25, 0.3) is 0 Å². The minimum absolute atomic E-state index is 0.405. The van der Waals surface area contributed by atoms with Gasteiger partial charge >= 0.3 is 12.8 Å². The van der Waals surface area contributed by atoms with Gasteiger partial charge in [0, 0.05) is 0 Å². The van der Waals surface area contributed by atoms with E-state index in [1.54, 1.807) is 72.8 Å². The Morgan fingerprint density at radius 2 is 0.778 bits per heavy atom. The van der Waals surface area contributed by atoms with Crippen molar-refractivity contribution in [2.24, 2.45) is 0 Å². The highest BCUT2D eigenvalue weighted by molar-refractivity contribution is 7.54. The molecule has 3 aromatic rings. The summed E-state index contributed by atoms with van der Waals surface area (Å²) in [6, 6.07) is 26.4. The molecule has 9 heteroatoms. The molecule has 4 nitrogen and oxygen atoms in total. The molecule has 0 aliphatic rings. The van der Waals surface area contributed by atoms with E-state index < -0.39 is 12.8 Å². The zero-order valence-electron chi connectivity index (χ0n) is 14.0. The lowest BCUT2D eigenvalue weighted by molar-refractivity contribution is 0.298. The number of para-hydroxylation sites is 3. The normalized spacial score (nSPS) is 10.2. The quantitative estimate of drug-likeness (QED) is 0.303. The van der Waals surface area contributed by atoms with Crippen molar-refractivity contribution in [1.82, 2.24) is 0 Å². The van der Waals surface area contributed by atoms with E-state index in [0.717, 1.165) is 0 Å². The van der Waals surface area contributed by atoms with Crippen LogP contribution in [-0.4, -0.2) is 4.96 Å². The third-order valence-electron chi connectivity index (χ3n) is 2.88. The topological polar surface area (TPSA) is 44.8 Å². The molecular weight excluding hydrogens is 428 g/mol. The standard InChI is InChI=1S/C18H15O4P.BCl3/c19-23(20-16-10-4-1-5-11-16,21-17-12-6-2-7-13-17)22-18-14-8-3-9-15-18;2-1(3)4/h1-15H;. The molecule has 0 atom stereocenters. The van der Waals surface area contributed by atoms with Gasteiger partial charge in [-0.3, -0.25) is 0 Å². The molecule has 27 heavy (non-hydrogen) atoms. The Balaban J connectivity index is 0.000000596. The second-order valence-corrected chi connectivity index (χ2v) is 8.33. The van der Waals surface area contributed by atoms with Gasteiger partial charge in [-0.1, -0.05) is 54.6 Å². The number of halogens is 3. The fourth-order valence-electron chi connectivity index (χ4n) is 1.89. The summed E-state index contributed by atoms with van der Waals surface area (Å²) in [5.41, 5.74) is 0. The molecular formula is C18H15BCl3O4P. The van der Waals surface area contributed by atoms with Crippen LogP contribution in [0.4, 0.5) is 0 Å². The lowest BCUT2D eigenvalue weighted by Gasteiger charge is -2.19. The van der Waals surface area contributed by atoms with Crippen LogP contribution in [0.2, 0.25) is 0 Å². The van der Waals surface area contributed by atoms with E-state index in [4.69, 9.17) is 48.0 Å². The summed E-state index contributed by atoms with van der Waals surface area (Å²) in [4.78, 5) is -0.750. The van der Waals surface area contributed by atoms with Crippen molar-refractivity contribution >= 4 is 47.2 Å². The summed E-state index contributed by atoms with van der Waals surface area (Å²) in [5, 5.41) is 0. The van der Waals surface area contributed by atoms with Gasteiger partial charge in [0.2, 0.25) is 0 Å². The summed E-state index contributed by atoms with van der Waals surface area (Å²) in [7, 11) is -3.89. The summed E-state index contributed by atoms with van der Waals surface area (Å²) < 4.78 is 29.6. The molecule has 0 unspecified atom stereocenters. The maximum Gasteiger partial charge on any atom is 0.647 e. The first kappa shape index (κ1) is 21.5. The zero-order valence-corrected chi connectivity index (χ0v) is 17.1. The molecule has 0 saturated carbocycles. The first-order chi connectivity index (χ1) is 13.0. The van der Waals surface area contributed by atoms with Gasteiger partial charge in [0.15, 0.2) is 0 Å². The van der Waals surface area contributed by atoms with Crippen LogP contribution in [0.25, 0.3) is 0 Å². The van der Waals surface area contributed by atoms with Crippen molar-refractivity contribution in [3.63, 3.8) is 0 Å². The molecule has 0 aliphatic heterocycles. The van der Waals surface area contributed by atoms with E-state index in [9.17, 15) is 4.57 Å². The average molecular weight is 443 g/mol. The molecule has 0 spiro atoms. The Kier molecular flexibility index (Phi) is 8.89. The molecule has 0 radical (unpaired) electrons. The van der Waals surface area contributed by atoms with Crippen LogP contribution < -0.4 is 13.6 Å². The molecule has 0 N–H and O–H groups in total. The first-order valence-corrected chi connectivity index (χ1v) is 10.5. The molecule has 0 aliphatic carbocycles. The SMILES string of the molecule is ClB(Cl)Cl.O=P(Oc1ccccc1)(Oc1ccccc1)Oc1ccccc1. The highest BCUT2D eigenvalue weighted by atomic mass is 35.6. The van der Waals surface area contributed by atoms with Gasteiger partial charge in [-0.25, -0.2) is 0 Å². The highest BCUT2D eigenvalue weighted by Crippen LogP contribution is 2.49. The predicted molar refractivity (Wildman–Crippen MR) is 112 cm³/mol.